The summed E-state index contributed by atoms with van der Waals surface area (Å²) in [6.07, 6.45) is 2.50. The molecule has 140 valence electrons. The second kappa shape index (κ2) is 7.86. The van der Waals surface area contributed by atoms with E-state index in [4.69, 9.17) is 0 Å². The molecule has 2 aromatic rings. The van der Waals surface area contributed by atoms with Gasteiger partial charge in [-0.1, -0.05) is 19.1 Å². The van der Waals surface area contributed by atoms with E-state index in [-0.39, 0.29) is 17.8 Å². The Bertz CT molecular complexity index is 893. The largest absolute Gasteiger partial charge is 0.335 e. The summed E-state index contributed by atoms with van der Waals surface area (Å²) in [6, 6.07) is 11.0. The highest BCUT2D eigenvalue weighted by atomic mass is 16.6. The van der Waals surface area contributed by atoms with Crippen LogP contribution in [0.4, 0.5) is 21.9 Å². The number of nitro groups is 1. The van der Waals surface area contributed by atoms with Crippen LogP contribution in [0.5, 0.6) is 0 Å². The Balaban J connectivity index is 1.70. The Morgan fingerprint density at radius 1 is 1.11 bits per heavy atom. The van der Waals surface area contributed by atoms with E-state index < -0.39 is 10.8 Å². The summed E-state index contributed by atoms with van der Waals surface area (Å²) >= 11 is 0. The fourth-order valence-electron chi connectivity index (χ4n) is 2.63. The van der Waals surface area contributed by atoms with E-state index >= 15 is 0 Å². The molecule has 1 saturated carbocycles. The van der Waals surface area contributed by atoms with Gasteiger partial charge in [-0.05, 0) is 43.5 Å². The molecule has 3 amide bonds. The molecule has 0 spiro atoms. The number of hydrogen-bond donors (Lipinski definition) is 3. The molecular formula is C19H20N4O4. The maximum atomic E-state index is 12.5. The van der Waals surface area contributed by atoms with Crippen molar-refractivity contribution in [1.82, 2.24) is 5.32 Å². The average Bonchev–Trinajstić information content (AvgIpc) is 3.45. The Hall–Kier alpha value is -3.42. The minimum absolute atomic E-state index is 0.0255. The third-order valence-corrected chi connectivity index (χ3v) is 4.22. The third-order valence-electron chi connectivity index (χ3n) is 4.22. The molecule has 0 unspecified atom stereocenters. The quantitative estimate of drug-likeness (QED) is 0.533. The third kappa shape index (κ3) is 4.81. The lowest BCUT2D eigenvalue weighted by atomic mass is 10.1. The molecule has 8 heteroatoms. The van der Waals surface area contributed by atoms with Crippen molar-refractivity contribution in [2.24, 2.45) is 0 Å². The predicted molar refractivity (Wildman–Crippen MR) is 102 cm³/mol. The van der Waals surface area contributed by atoms with Crippen molar-refractivity contribution in [3.8, 4) is 0 Å². The van der Waals surface area contributed by atoms with E-state index in [1.807, 2.05) is 6.92 Å². The molecule has 0 heterocycles. The van der Waals surface area contributed by atoms with Gasteiger partial charge in [-0.3, -0.25) is 14.9 Å². The normalized spacial score (nSPS) is 12.9. The summed E-state index contributed by atoms with van der Waals surface area (Å²) in [5.41, 5.74) is 1.75. The zero-order valence-corrected chi connectivity index (χ0v) is 14.8. The van der Waals surface area contributed by atoms with Crippen molar-refractivity contribution in [1.29, 1.82) is 0 Å². The highest BCUT2D eigenvalue weighted by Crippen LogP contribution is 2.24. The van der Waals surface area contributed by atoms with Crippen LogP contribution in [0.1, 0.15) is 35.7 Å². The van der Waals surface area contributed by atoms with Crippen LogP contribution in [0, 0.1) is 10.1 Å². The van der Waals surface area contributed by atoms with Crippen molar-refractivity contribution in [2.45, 2.75) is 32.2 Å². The highest BCUT2D eigenvalue weighted by molar-refractivity contribution is 6.05. The zero-order chi connectivity index (χ0) is 19.4. The van der Waals surface area contributed by atoms with Crippen LogP contribution in [0.25, 0.3) is 0 Å². The number of nitrogens with one attached hydrogen (secondary N) is 3. The van der Waals surface area contributed by atoms with E-state index in [0.717, 1.165) is 12.8 Å². The molecule has 3 rings (SSSR count). The highest BCUT2D eigenvalue weighted by Gasteiger charge is 2.23. The van der Waals surface area contributed by atoms with Crippen molar-refractivity contribution in [3.05, 3.63) is 63.7 Å². The van der Waals surface area contributed by atoms with Gasteiger partial charge < -0.3 is 16.0 Å². The van der Waals surface area contributed by atoms with Crippen LogP contribution < -0.4 is 16.0 Å². The fraction of sp³-hybridized carbons (Fsp3) is 0.263. The maximum Gasteiger partial charge on any atom is 0.319 e. The number of aryl methyl sites for hydroxylation is 1. The summed E-state index contributed by atoms with van der Waals surface area (Å²) in [5, 5.41) is 19.3. The number of nitro benzene ring substituents is 1. The second-order valence-corrected chi connectivity index (χ2v) is 6.36. The summed E-state index contributed by atoms with van der Waals surface area (Å²) in [7, 11) is 0. The van der Waals surface area contributed by atoms with Gasteiger partial charge in [0.15, 0.2) is 0 Å². The van der Waals surface area contributed by atoms with E-state index in [2.05, 4.69) is 16.0 Å². The van der Waals surface area contributed by atoms with Gasteiger partial charge in [-0.15, -0.1) is 0 Å². The number of benzene rings is 2. The molecule has 1 fully saturated rings. The van der Waals surface area contributed by atoms with Crippen LogP contribution in [0.15, 0.2) is 42.5 Å². The number of rotatable bonds is 6. The van der Waals surface area contributed by atoms with Gasteiger partial charge in [0.2, 0.25) is 0 Å². The van der Waals surface area contributed by atoms with Gasteiger partial charge in [-0.25, -0.2) is 4.79 Å². The molecule has 1 aliphatic rings. The molecule has 27 heavy (non-hydrogen) atoms. The molecule has 2 aromatic carbocycles. The van der Waals surface area contributed by atoms with Gasteiger partial charge in [-0.2, -0.15) is 0 Å². The number of urea groups is 1. The topological polar surface area (TPSA) is 113 Å². The van der Waals surface area contributed by atoms with Crippen molar-refractivity contribution >= 4 is 29.0 Å². The molecule has 0 bridgehead atoms. The monoisotopic (exact) mass is 368 g/mol. The fourth-order valence-corrected chi connectivity index (χ4v) is 2.63. The van der Waals surface area contributed by atoms with Gasteiger partial charge in [0.25, 0.3) is 11.6 Å². The lowest BCUT2D eigenvalue weighted by molar-refractivity contribution is -0.385. The van der Waals surface area contributed by atoms with Crippen LogP contribution in [-0.2, 0) is 6.42 Å². The van der Waals surface area contributed by atoms with E-state index in [9.17, 15) is 19.7 Å². The number of amides is 3. The standard InChI is InChI=1S/C19H20N4O4/c1-2-12-6-7-16(11-17(12)23(26)27)20-18(24)13-4-3-5-15(10-13)22-19(25)21-14-8-9-14/h3-7,10-11,14H,2,8-9H2,1H3,(H,20,24)(H2,21,22,25). The average molecular weight is 368 g/mol. The van der Waals surface area contributed by atoms with E-state index in [1.165, 1.54) is 6.07 Å². The first-order valence-electron chi connectivity index (χ1n) is 8.72. The molecule has 0 saturated heterocycles. The Morgan fingerprint density at radius 3 is 2.52 bits per heavy atom. The first kappa shape index (κ1) is 18.4. The van der Waals surface area contributed by atoms with Gasteiger partial charge in [0.05, 0.1) is 4.92 Å². The number of carbonyl (C=O) groups is 2. The van der Waals surface area contributed by atoms with Crippen molar-refractivity contribution in [3.63, 3.8) is 0 Å². The second-order valence-electron chi connectivity index (χ2n) is 6.36. The van der Waals surface area contributed by atoms with Crippen LogP contribution >= 0.6 is 0 Å². The zero-order valence-electron chi connectivity index (χ0n) is 14.8. The lowest BCUT2D eigenvalue weighted by Crippen LogP contribution is -2.30. The molecule has 0 atom stereocenters. The Labute approximate surface area is 156 Å². The van der Waals surface area contributed by atoms with Gasteiger partial charge in [0, 0.05) is 34.6 Å². The lowest BCUT2D eigenvalue weighted by Gasteiger charge is -2.10. The Kier molecular flexibility index (Phi) is 5.35. The van der Waals surface area contributed by atoms with E-state index in [1.54, 1.807) is 36.4 Å². The summed E-state index contributed by atoms with van der Waals surface area (Å²) in [4.78, 5) is 35.0. The molecule has 0 aliphatic heterocycles. The number of hydrogen-bond acceptors (Lipinski definition) is 4. The summed E-state index contributed by atoms with van der Waals surface area (Å²) in [6.45, 7) is 1.83. The number of anilines is 2. The molecule has 1 aliphatic carbocycles. The van der Waals surface area contributed by atoms with Crippen LogP contribution in [-0.4, -0.2) is 22.9 Å². The van der Waals surface area contributed by atoms with Crippen LogP contribution in [0.3, 0.4) is 0 Å². The van der Waals surface area contributed by atoms with Gasteiger partial charge >= 0.3 is 6.03 Å². The summed E-state index contributed by atoms with van der Waals surface area (Å²) < 4.78 is 0. The first-order valence-corrected chi connectivity index (χ1v) is 8.72. The van der Waals surface area contributed by atoms with Crippen molar-refractivity contribution < 1.29 is 14.5 Å². The maximum absolute atomic E-state index is 12.5. The van der Waals surface area contributed by atoms with E-state index in [0.29, 0.717) is 28.9 Å². The molecule has 0 radical (unpaired) electrons. The summed E-state index contributed by atoms with van der Waals surface area (Å²) in [5.74, 6) is -0.417. The SMILES string of the molecule is CCc1ccc(NC(=O)c2cccc(NC(=O)NC3CC3)c2)cc1[N+](=O)[O-]. The predicted octanol–water partition coefficient (Wildman–Crippen LogP) is 3.69. The van der Waals surface area contributed by atoms with Crippen molar-refractivity contribution in [2.75, 3.05) is 10.6 Å². The molecule has 0 aromatic heterocycles. The van der Waals surface area contributed by atoms with Gasteiger partial charge in [0.1, 0.15) is 0 Å². The minimum atomic E-state index is -0.461. The number of carbonyl (C=O) groups excluding carboxylic acids is 2. The smallest absolute Gasteiger partial charge is 0.319 e. The molecule has 3 N–H and O–H groups in total. The van der Waals surface area contributed by atoms with Crippen LogP contribution in [0.2, 0.25) is 0 Å². The minimum Gasteiger partial charge on any atom is -0.335 e. The first-order chi connectivity index (χ1) is 13.0. The molecular weight excluding hydrogens is 348 g/mol. The molecule has 8 nitrogen and oxygen atoms in total. The number of nitrogens with zero attached hydrogens (tertiary/aromatic N) is 1. The Morgan fingerprint density at radius 2 is 1.85 bits per heavy atom.